The van der Waals surface area contributed by atoms with Crippen LogP contribution in [0.25, 0.3) is 0 Å². The predicted molar refractivity (Wildman–Crippen MR) is 108 cm³/mol. The maximum Gasteiger partial charge on any atom is 0.311 e. The van der Waals surface area contributed by atoms with Crippen molar-refractivity contribution in [1.29, 1.82) is 0 Å². The zero-order valence-electron chi connectivity index (χ0n) is 17.3. The summed E-state index contributed by atoms with van der Waals surface area (Å²) in [5, 5.41) is 0. The number of aromatic nitrogens is 1. The van der Waals surface area contributed by atoms with E-state index >= 15 is 0 Å². The third-order valence-corrected chi connectivity index (χ3v) is 7.06. The molecule has 5 nitrogen and oxygen atoms in total. The van der Waals surface area contributed by atoms with E-state index in [1.807, 2.05) is 49.6 Å². The highest BCUT2D eigenvalue weighted by Crippen LogP contribution is 2.57. The predicted octanol–water partition coefficient (Wildman–Crippen LogP) is 3.90. The van der Waals surface area contributed by atoms with E-state index in [0.29, 0.717) is 13.0 Å². The molecular formula is C24H28NO4+. The lowest BCUT2D eigenvalue weighted by molar-refractivity contribution is -0.378. The molecule has 0 spiro atoms. The number of ether oxygens (including phenoxy) is 2. The van der Waals surface area contributed by atoms with Gasteiger partial charge in [-0.1, -0.05) is 13.3 Å². The molecule has 1 fully saturated rings. The molecule has 3 atom stereocenters. The molecule has 0 amide bonds. The minimum Gasteiger partial charge on any atom is -0.489 e. The van der Waals surface area contributed by atoms with Crippen LogP contribution in [0.1, 0.15) is 61.0 Å². The molecule has 0 saturated heterocycles. The van der Waals surface area contributed by atoms with Crippen LogP contribution in [0.15, 0.2) is 42.7 Å². The smallest absolute Gasteiger partial charge is 0.311 e. The first-order valence-electron chi connectivity index (χ1n) is 10.2. The topological polar surface area (TPSA) is 66.7 Å². The number of fused-ring (bicyclic) bond motifs is 3. The number of carbonyl (C=O) groups is 2. The highest BCUT2D eigenvalue weighted by atomic mass is 16.5. The monoisotopic (exact) mass is 394 g/mol. The molecule has 0 aliphatic heterocycles. The number of nitrogens with one attached hydrogen (secondary N) is 1. The summed E-state index contributed by atoms with van der Waals surface area (Å²) >= 11 is 0. The number of rotatable bonds is 4. The fourth-order valence-corrected chi connectivity index (χ4v) is 5.44. The van der Waals surface area contributed by atoms with Crippen molar-refractivity contribution in [2.75, 3.05) is 7.11 Å². The maximum atomic E-state index is 13.0. The van der Waals surface area contributed by atoms with Gasteiger partial charge in [-0.25, -0.2) is 4.98 Å². The van der Waals surface area contributed by atoms with Crippen LogP contribution in [0.5, 0.6) is 5.75 Å². The standard InChI is InChI=1S/C24H27NO4/c1-23-9-5-10-24(2,22(27)28-3)21(23)13-20(26)18-8-7-17(12-19(18)23)29-15-16-6-4-11-25-14-16/h4,6-8,11-12,14,21H,5,9-10,13,15H2,1-3H3/p+1/t21-,23-,24+/m1/s1. The van der Waals surface area contributed by atoms with Gasteiger partial charge in [-0.05, 0) is 60.9 Å². The number of aromatic amines is 1. The van der Waals surface area contributed by atoms with Gasteiger partial charge in [0, 0.05) is 18.1 Å². The van der Waals surface area contributed by atoms with E-state index < -0.39 is 5.41 Å². The summed E-state index contributed by atoms with van der Waals surface area (Å²) in [6.45, 7) is 4.61. The number of hydrogen-bond donors (Lipinski definition) is 0. The molecule has 0 bridgehead atoms. The molecule has 2 aliphatic rings. The van der Waals surface area contributed by atoms with Gasteiger partial charge in [0.15, 0.2) is 18.2 Å². The Labute approximate surface area is 171 Å². The lowest BCUT2D eigenvalue weighted by Gasteiger charge is -2.53. The number of Topliss-reactive ketones (excluding diaryl/α,β-unsaturated/α-hetero) is 1. The van der Waals surface area contributed by atoms with Crippen LogP contribution in [-0.2, 0) is 21.6 Å². The van der Waals surface area contributed by atoms with Crippen molar-refractivity contribution in [3.63, 3.8) is 0 Å². The molecule has 0 unspecified atom stereocenters. The molecule has 1 N–H and O–H groups in total. The van der Waals surface area contributed by atoms with Crippen LogP contribution in [0, 0.1) is 11.3 Å². The Morgan fingerprint density at radius 3 is 2.79 bits per heavy atom. The summed E-state index contributed by atoms with van der Waals surface area (Å²) in [6.07, 6.45) is 6.77. The average molecular weight is 394 g/mol. The van der Waals surface area contributed by atoms with Crippen molar-refractivity contribution >= 4 is 11.8 Å². The van der Waals surface area contributed by atoms with Crippen LogP contribution < -0.4 is 9.72 Å². The largest absolute Gasteiger partial charge is 0.489 e. The Morgan fingerprint density at radius 1 is 1.24 bits per heavy atom. The molecule has 1 aromatic carbocycles. The molecule has 1 saturated carbocycles. The Bertz CT molecular complexity index is 941. The summed E-state index contributed by atoms with van der Waals surface area (Å²) in [4.78, 5) is 28.7. The van der Waals surface area contributed by atoms with Gasteiger partial charge < -0.3 is 9.47 Å². The van der Waals surface area contributed by atoms with E-state index in [1.165, 1.54) is 7.11 Å². The number of ketones is 1. The van der Waals surface area contributed by atoms with Crippen molar-refractivity contribution in [2.45, 2.75) is 51.6 Å². The van der Waals surface area contributed by atoms with E-state index in [-0.39, 0.29) is 23.1 Å². The summed E-state index contributed by atoms with van der Waals surface area (Å²) < 4.78 is 11.2. The van der Waals surface area contributed by atoms with Crippen molar-refractivity contribution < 1.29 is 24.0 Å². The zero-order chi connectivity index (χ0) is 20.6. The third-order valence-electron chi connectivity index (χ3n) is 7.06. The molecule has 5 heteroatoms. The minimum atomic E-state index is -0.647. The number of esters is 1. The SMILES string of the molecule is COC(=O)[C@@]1(C)CCC[C@]2(C)c3cc(OCc4ccc[nH+]c4)ccc3C(=O)C[C@@H]12. The second-order valence-electron chi connectivity index (χ2n) is 8.77. The van der Waals surface area contributed by atoms with E-state index in [1.54, 1.807) is 0 Å². The fourth-order valence-electron chi connectivity index (χ4n) is 5.44. The second kappa shape index (κ2) is 7.29. The van der Waals surface area contributed by atoms with E-state index in [2.05, 4.69) is 11.9 Å². The summed E-state index contributed by atoms with van der Waals surface area (Å²) in [5.41, 5.74) is 1.90. The Hall–Kier alpha value is -2.69. The van der Waals surface area contributed by atoms with Crippen molar-refractivity contribution in [1.82, 2.24) is 0 Å². The van der Waals surface area contributed by atoms with Crippen LogP contribution in [0.4, 0.5) is 0 Å². The molecule has 0 radical (unpaired) electrons. The van der Waals surface area contributed by atoms with Crippen LogP contribution >= 0.6 is 0 Å². The first-order valence-corrected chi connectivity index (χ1v) is 10.2. The molecule has 2 aliphatic carbocycles. The second-order valence-corrected chi connectivity index (χ2v) is 8.77. The first-order chi connectivity index (χ1) is 13.9. The van der Waals surface area contributed by atoms with E-state index in [0.717, 1.165) is 41.7 Å². The highest BCUT2D eigenvalue weighted by Gasteiger charge is 2.57. The van der Waals surface area contributed by atoms with Gasteiger partial charge in [0.2, 0.25) is 0 Å². The molecule has 1 heterocycles. The molecule has 152 valence electrons. The van der Waals surface area contributed by atoms with E-state index in [4.69, 9.17) is 9.47 Å². The Morgan fingerprint density at radius 2 is 2.07 bits per heavy atom. The summed E-state index contributed by atoms with van der Waals surface area (Å²) in [6, 6.07) is 9.70. The van der Waals surface area contributed by atoms with Gasteiger partial charge in [0.1, 0.15) is 12.4 Å². The van der Waals surface area contributed by atoms with Crippen molar-refractivity contribution in [2.24, 2.45) is 11.3 Å². The number of benzene rings is 1. The Kier molecular flexibility index (Phi) is 4.93. The quantitative estimate of drug-likeness (QED) is 0.738. The highest BCUT2D eigenvalue weighted by molar-refractivity contribution is 6.00. The van der Waals surface area contributed by atoms with Gasteiger partial charge >= 0.3 is 5.97 Å². The zero-order valence-corrected chi connectivity index (χ0v) is 17.3. The number of carbonyl (C=O) groups excluding carboxylic acids is 2. The lowest BCUT2D eigenvalue weighted by atomic mass is 9.49. The van der Waals surface area contributed by atoms with Gasteiger partial charge in [0.25, 0.3) is 0 Å². The summed E-state index contributed by atoms with van der Waals surface area (Å²) in [5.74, 6) is 0.559. The number of pyridine rings is 1. The number of methoxy groups -OCH3 is 1. The molecular weight excluding hydrogens is 366 g/mol. The normalized spacial score (nSPS) is 28.2. The number of H-pyrrole nitrogens is 1. The maximum absolute atomic E-state index is 13.0. The van der Waals surface area contributed by atoms with Gasteiger partial charge in [-0.15, -0.1) is 0 Å². The molecule has 4 rings (SSSR count). The summed E-state index contributed by atoms with van der Waals surface area (Å²) in [7, 11) is 1.44. The van der Waals surface area contributed by atoms with Crippen molar-refractivity contribution in [3.8, 4) is 5.75 Å². The van der Waals surface area contributed by atoms with Crippen LogP contribution in [0.3, 0.4) is 0 Å². The van der Waals surface area contributed by atoms with Gasteiger partial charge in [-0.3, -0.25) is 9.59 Å². The average Bonchev–Trinajstić information content (AvgIpc) is 2.74. The fraction of sp³-hybridized carbons (Fsp3) is 0.458. The molecule has 29 heavy (non-hydrogen) atoms. The van der Waals surface area contributed by atoms with Crippen LogP contribution in [-0.4, -0.2) is 18.9 Å². The van der Waals surface area contributed by atoms with Gasteiger partial charge in [-0.2, -0.15) is 0 Å². The first kappa shape index (κ1) is 19.6. The van der Waals surface area contributed by atoms with E-state index in [9.17, 15) is 9.59 Å². The third kappa shape index (κ3) is 3.22. The van der Waals surface area contributed by atoms with Gasteiger partial charge in [0.05, 0.1) is 18.1 Å². The Balaban J connectivity index is 1.69. The lowest BCUT2D eigenvalue weighted by Crippen LogP contribution is -2.53. The minimum absolute atomic E-state index is 0.0739. The van der Waals surface area contributed by atoms with Crippen LogP contribution in [0.2, 0.25) is 0 Å². The molecule has 2 aromatic rings. The molecule has 1 aromatic heterocycles. The van der Waals surface area contributed by atoms with Crippen molar-refractivity contribution in [3.05, 3.63) is 59.4 Å². The number of hydrogen-bond acceptors (Lipinski definition) is 4.